The van der Waals surface area contributed by atoms with E-state index >= 15 is 0 Å². The minimum Gasteiger partial charge on any atom is -0.494 e. The van der Waals surface area contributed by atoms with Gasteiger partial charge in [0.25, 0.3) is 0 Å². The molecule has 0 radical (unpaired) electrons. The van der Waals surface area contributed by atoms with Crippen LogP contribution in [0.15, 0.2) is 41.3 Å². The molecular formula is C23H29FN4O4S. The third-order valence-corrected chi connectivity index (χ3v) is 7.52. The van der Waals surface area contributed by atoms with Crippen LogP contribution in [-0.2, 0) is 27.8 Å². The fourth-order valence-corrected chi connectivity index (χ4v) is 5.25. The second-order valence-electron chi connectivity index (χ2n) is 7.41. The Bertz CT molecular complexity index is 1250. The summed E-state index contributed by atoms with van der Waals surface area (Å²) in [5.41, 5.74) is 1.72. The zero-order valence-electron chi connectivity index (χ0n) is 19.3. The first-order valence-electron chi connectivity index (χ1n) is 10.9. The number of anilines is 1. The van der Waals surface area contributed by atoms with Crippen LogP contribution in [0, 0.1) is 5.82 Å². The molecule has 1 amide bonds. The molecule has 0 aliphatic rings. The van der Waals surface area contributed by atoms with Gasteiger partial charge in [0.1, 0.15) is 5.82 Å². The minimum absolute atomic E-state index is 0.104. The average Bonchev–Trinajstić information content (AvgIpc) is 3.15. The van der Waals surface area contributed by atoms with E-state index in [9.17, 15) is 17.6 Å². The van der Waals surface area contributed by atoms with Crippen LogP contribution in [0.5, 0.6) is 5.75 Å². The number of amides is 1. The van der Waals surface area contributed by atoms with Gasteiger partial charge in [-0.3, -0.25) is 4.79 Å². The molecule has 8 nitrogen and oxygen atoms in total. The van der Waals surface area contributed by atoms with Crippen LogP contribution >= 0.6 is 0 Å². The van der Waals surface area contributed by atoms with Crippen molar-refractivity contribution in [1.29, 1.82) is 0 Å². The first-order chi connectivity index (χ1) is 15.7. The fraction of sp³-hybridized carbons (Fsp3) is 0.391. The maximum atomic E-state index is 13.8. The topological polar surface area (TPSA) is 93.5 Å². The molecule has 1 heterocycles. The number of carbonyl (C=O) groups is 1. The Kier molecular flexibility index (Phi) is 7.70. The predicted octanol–water partition coefficient (Wildman–Crippen LogP) is 3.81. The standard InChI is InChI=1S/C23H29FN4O4S/c1-5-27(6-2)33(30,31)17-9-10-20-19(15-17)26-22(28(20)7-3)12-13-23(29)25-16-8-11-21(32-4)18(24)14-16/h8-11,14-15H,5-7,12-13H2,1-4H3,(H,25,29). The molecule has 1 N–H and O–H groups in total. The SMILES string of the molecule is CCN(CC)S(=O)(=O)c1ccc2c(c1)nc(CCC(=O)Nc1ccc(OC)c(F)c1)n2CC. The average molecular weight is 477 g/mol. The van der Waals surface area contributed by atoms with Crippen molar-refractivity contribution in [3.8, 4) is 5.75 Å². The Morgan fingerprint density at radius 3 is 2.48 bits per heavy atom. The van der Waals surface area contributed by atoms with Crippen LogP contribution in [0.4, 0.5) is 10.1 Å². The van der Waals surface area contributed by atoms with Crippen LogP contribution in [0.3, 0.4) is 0 Å². The molecule has 0 atom stereocenters. The Morgan fingerprint density at radius 2 is 1.88 bits per heavy atom. The van der Waals surface area contributed by atoms with Crippen molar-refractivity contribution >= 4 is 32.7 Å². The summed E-state index contributed by atoms with van der Waals surface area (Å²) in [5.74, 6) is -0.0504. The first kappa shape index (κ1) is 24.7. The van der Waals surface area contributed by atoms with Crippen LogP contribution in [-0.4, -0.2) is 48.4 Å². The van der Waals surface area contributed by atoms with Gasteiger partial charge in [0.15, 0.2) is 11.6 Å². The molecule has 0 aliphatic carbocycles. The van der Waals surface area contributed by atoms with E-state index in [-0.39, 0.29) is 23.0 Å². The zero-order valence-corrected chi connectivity index (χ0v) is 20.1. The summed E-state index contributed by atoms with van der Waals surface area (Å²) < 4.78 is 47.8. The van der Waals surface area contributed by atoms with E-state index in [2.05, 4.69) is 10.3 Å². The van der Waals surface area contributed by atoms with Gasteiger partial charge >= 0.3 is 0 Å². The molecule has 3 rings (SSSR count). The largest absolute Gasteiger partial charge is 0.494 e. The highest BCUT2D eigenvalue weighted by atomic mass is 32.2. The molecule has 0 fully saturated rings. The van der Waals surface area contributed by atoms with Gasteiger partial charge < -0.3 is 14.6 Å². The van der Waals surface area contributed by atoms with Gasteiger partial charge in [-0.05, 0) is 37.3 Å². The number of nitrogens with one attached hydrogen (secondary N) is 1. The first-order valence-corrected chi connectivity index (χ1v) is 12.3. The lowest BCUT2D eigenvalue weighted by atomic mass is 10.2. The Morgan fingerprint density at radius 1 is 1.15 bits per heavy atom. The minimum atomic E-state index is -3.59. The number of ether oxygens (including phenoxy) is 1. The number of halogens is 1. The van der Waals surface area contributed by atoms with Crippen molar-refractivity contribution in [2.75, 3.05) is 25.5 Å². The van der Waals surface area contributed by atoms with Crippen molar-refractivity contribution in [3.05, 3.63) is 48.0 Å². The molecule has 0 aliphatic heterocycles. The van der Waals surface area contributed by atoms with Crippen molar-refractivity contribution in [1.82, 2.24) is 13.9 Å². The molecule has 1 aromatic heterocycles. The summed E-state index contributed by atoms with van der Waals surface area (Å²) in [6.07, 6.45) is 0.493. The van der Waals surface area contributed by atoms with Gasteiger partial charge in [0.05, 0.1) is 23.0 Å². The number of imidazole rings is 1. The van der Waals surface area contributed by atoms with Crippen LogP contribution in [0.2, 0.25) is 0 Å². The smallest absolute Gasteiger partial charge is 0.243 e. The number of benzene rings is 2. The number of hydrogen-bond donors (Lipinski definition) is 1. The molecule has 178 valence electrons. The lowest BCUT2D eigenvalue weighted by Crippen LogP contribution is -2.30. The van der Waals surface area contributed by atoms with Gasteiger partial charge in [-0.1, -0.05) is 13.8 Å². The zero-order chi connectivity index (χ0) is 24.2. The highest BCUT2D eigenvalue weighted by Crippen LogP contribution is 2.24. The summed E-state index contributed by atoms with van der Waals surface area (Å²) in [6, 6.07) is 9.16. The maximum absolute atomic E-state index is 13.8. The van der Waals surface area contributed by atoms with Gasteiger partial charge in [-0.15, -0.1) is 0 Å². The summed E-state index contributed by atoms with van der Waals surface area (Å²) in [6.45, 7) is 6.96. The second-order valence-corrected chi connectivity index (χ2v) is 9.35. The number of fused-ring (bicyclic) bond motifs is 1. The van der Waals surface area contributed by atoms with Crippen LogP contribution in [0.1, 0.15) is 33.0 Å². The molecule has 0 saturated heterocycles. The van der Waals surface area contributed by atoms with Crippen molar-refractivity contribution in [2.45, 2.75) is 45.1 Å². The van der Waals surface area contributed by atoms with Gasteiger partial charge in [-0.2, -0.15) is 4.31 Å². The molecule has 2 aromatic carbocycles. The van der Waals surface area contributed by atoms with E-state index in [4.69, 9.17) is 4.74 Å². The van der Waals surface area contributed by atoms with E-state index in [1.807, 2.05) is 11.5 Å². The van der Waals surface area contributed by atoms with E-state index in [0.29, 0.717) is 43.1 Å². The van der Waals surface area contributed by atoms with Crippen LogP contribution in [0.25, 0.3) is 11.0 Å². The van der Waals surface area contributed by atoms with Gasteiger partial charge in [-0.25, -0.2) is 17.8 Å². The van der Waals surface area contributed by atoms with E-state index in [1.54, 1.807) is 38.1 Å². The van der Waals surface area contributed by atoms with E-state index < -0.39 is 15.8 Å². The van der Waals surface area contributed by atoms with Crippen molar-refractivity contribution in [3.63, 3.8) is 0 Å². The number of carbonyl (C=O) groups excluding carboxylic acids is 1. The van der Waals surface area contributed by atoms with Crippen LogP contribution < -0.4 is 10.1 Å². The number of methoxy groups -OCH3 is 1. The summed E-state index contributed by atoms with van der Waals surface area (Å²) in [5, 5.41) is 2.67. The summed E-state index contributed by atoms with van der Waals surface area (Å²) in [4.78, 5) is 17.2. The molecule has 0 spiro atoms. The third kappa shape index (κ3) is 5.17. The monoisotopic (exact) mass is 476 g/mol. The van der Waals surface area contributed by atoms with Crippen molar-refractivity contribution < 1.29 is 22.3 Å². The van der Waals surface area contributed by atoms with Crippen molar-refractivity contribution in [2.24, 2.45) is 0 Å². The molecule has 33 heavy (non-hydrogen) atoms. The third-order valence-electron chi connectivity index (χ3n) is 5.47. The number of nitrogens with zero attached hydrogens (tertiary/aromatic N) is 3. The lowest BCUT2D eigenvalue weighted by Gasteiger charge is -2.18. The van der Waals surface area contributed by atoms with E-state index in [0.717, 1.165) is 5.52 Å². The Labute approximate surface area is 193 Å². The molecular weight excluding hydrogens is 447 g/mol. The lowest BCUT2D eigenvalue weighted by molar-refractivity contribution is -0.116. The highest BCUT2D eigenvalue weighted by Gasteiger charge is 2.23. The molecule has 0 unspecified atom stereocenters. The number of rotatable bonds is 10. The molecule has 10 heteroatoms. The molecule has 0 saturated carbocycles. The quantitative estimate of drug-likeness (QED) is 0.480. The van der Waals surface area contributed by atoms with E-state index in [1.165, 1.54) is 23.5 Å². The van der Waals surface area contributed by atoms with Gasteiger partial charge in [0, 0.05) is 44.2 Å². The highest BCUT2D eigenvalue weighted by molar-refractivity contribution is 7.89. The fourth-order valence-electron chi connectivity index (χ4n) is 3.77. The Balaban J connectivity index is 1.79. The number of aromatic nitrogens is 2. The summed E-state index contributed by atoms with van der Waals surface area (Å²) >= 11 is 0. The predicted molar refractivity (Wildman–Crippen MR) is 125 cm³/mol. The molecule has 0 bridgehead atoms. The normalized spacial score (nSPS) is 11.8. The summed E-state index contributed by atoms with van der Waals surface area (Å²) in [7, 11) is -2.22. The maximum Gasteiger partial charge on any atom is 0.243 e. The number of aryl methyl sites for hydroxylation is 2. The number of sulfonamides is 1. The number of hydrogen-bond acceptors (Lipinski definition) is 5. The van der Waals surface area contributed by atoms with Gasteiger partial charge in [0.2, 0.25) is 15.9 Å². The Hall–Kier alpha value is -2.98. The second kappa shape index (κ2) is 10.3. The molecule has 3 aromatic rings.